The third-order valence-electron chi connectivity index (χ3n) is 4.70. The molecule has 1 amide bonds. The minimum absolute atomic E-state index is 0.127. The summed E-state index contributed by atoms with van der Waals surface area (Å²) in [4.78, 5) is 36.3. The van der Waals surface area contributed by atoms with Gasteiger partial charge in [-0.05, 0) is 23.6 Å². The molecule has 3 aromatic heterocycles. The summed E-state index contributed by atoms with van der Waals surface area (Å²) in [5.74, 6) is -0.852. The molecule has 12 heteroatoms. The van der Waals surface area contributed by atoms with Gasteiger partial charge in [-0.2, -0.15) is 13.2 Å². The van der Waals surface area contributed by atoms with E-state index in [-0.39, 0.29) is 12.4 Å². The number of H-pyrrole nitrogens is 1. The summed E-state index contributed by atoms with van der Waals surface area (Å²) >= 11 is 1.89. The molecular formula is C19H15F3N4O3S2. The minimum atomic E-state index is -5.13. The average molecular weight is 468 g/mol. The number of alkyl halides is 3. The molecular weight excluding hydrogens is 453 g/mol. The highest BCUT2D eigenvalue weighted by Gasteiger charge is 2.58. The van der Waals surface area contributed by atoms with Crippen LogP contribution in [0.2, 0.25) is 0 Å². The van der Waals surface area contributed by atoms with Crippen molar-refractivity contribution >= 4 is 49.0 Å². The fourth-order valence-electron chi connectivity index (χ4n) is 3.01. The number of thiophene rings is 1. The summed E-state index contributed by atoms with van der Waals surface area (Å²) in [5, 5.41) is 11.7. The van der Waals surface area contributed by atoms with Gasteiger partial charge in [-0.1, -0.05) is 12.1 Å². The number of nitrogens with zero attached hydrogens (tertiary/aromatic N) is 3. The van der Waals surface area contributed by atoms with Gasteiger partial charge in [0, 0.05) is 7.05 Å². The number of aromatic amines is 1. The zero-order valence-electron chi connectivity index (χ0n) is 15.9. The van der Waals surface area contributed by atoms with E-state index in [1.807, 2.05) is 0 Å². The van der Waals surface area contributed by atoms with Crippen LogP contribution in [0.3, 0.4) is 0 Å². The van der Waals surface area contributed by atoms with E-state index in [4.69, 9.17) is 0 Å². The lowest BCUT2D eigenvalue weighted by atomic mass is 9.99. The normalized spacial score (nSPS) is 14.1. The van der Waals surface area contributed by atoms with Gasteiger partial charge in [0.2, 0.25) is 11.5 Å². The summed E-state index contributed by atoms with van der Waals surface area (Å²) in [7, 11) is 1.27. The molecule has 1 unspecified atom stereocenters. The Morgan fingerprint density at radius 1 is 1.19 bits per heavy atom. The van der Waals surface area contributed by atoms with Crippen LogP contribution in [0, 0.1) is 0 Å². The van der Waals surface area contributed by atoms with E-state index in [9.17, 15) is 27.9 Å². The molecule has 162 valence electrons. The van der Waals surface area contributed by atoms with Gasteiger partial charge in [0.25, 0.3) is 5.56 Å². The molecule has 2 N–H and O–H groups in total. The van der Waals surface area contributed by atoms with Gasteiger partial charge in [-0.15, -0.1) is 22.7 Å². The summed E-state index contributed by atoms with van der Waals surface area (Å²) < 4.78 is 42.4. The molecule has 31 heavy (non-hydrogen) atoms. The Balaban J connectivity index is 1.60. The molecule has 4 rings (SSSR count). The van der Waals surface area contributed by atoms with E-state index in [0.29, 0.717) is 31.8 Å². The van der Waals surface area contributed by atoms with Crippen LogP contribution in [0.4, 0.5) is 13.2 Å². The fourth-order valence-corrected chi connectivity index (χ4v) is 4.81. The topological polar surface area (TPSA) is 99.2 Å². The predicted molar refractivity (Wildman–Crippen MR) is 111 cm³/mol. The number of aliphatic hydroxyl groups is 1. The van der Waals surface area contributed by atoms with Crippen molar-refractivity contribution in [3.63, 3.8) is 0 Å². The summed E-state index contributed by atoms with van der Waals surface area (Å²) in [6.45, 7) is -0.229. The maximum absolute atomic E-state index is 13.8. The fraction of sp³-hybridized carbons (Fsp3) is 0.263. The van der Waals surface area contributed by atoms with E-state index in [0.717, 1.165) is 4.90 Å². The van der Waals surface area contributed by atoms with Crippen molar-refractivity contribution in [2.45, 2.75) is 24.7 Å². The number of rotatable bonds is 5. The van der Waals surface area contributed by atoms with Gasteiger partial charge in [0.15, 0.2) is 0 Å². The zero-order chi connectivity index (χ0) is 22.4. The third kappa shape index (κ3) is 3.93. The lowest BCUT2D eigenvalue weighted by Gasteiger charge is -2.29. The smallest absolute Gasteiger partial charge is 0.374 e. The number of fused-ring (bicyclic) bond motifs is 2. The predicted octanol–water partition coefficient (Wildman–Crippen LogP) is 3.39. The first-order chi connectivity index (χ1) is 14.6. The Hall–Kier alpha value is -2.83. The molecule has 3 heterocycles. The van der Waals surface area contributed by atoms with Crippen molar-refractivity contribution in [1.82, 2.24) is 19.9 Å². The second kappa shape index (κ2) is 7.70. The Morgan fingerprint density at radius 2 is 1.94 bits per heavy atom. The van der Waals surface area contributed by atoms with Crippen molar-refractivity contribution in [3.05, 3.63) is 56.9 Å². The van der Waals surface area contributed by atoms with E-state index in [1.165, 1.54) is 24.5 Å². The Morgan fingerprint density at radius 3 is 2.65 bits per heavy atom. The average Bonchev–Trinajstić information content (AvgIpc) is 3.34. The molecule has 1 aromatic carbocycles. The highest BCUT2D eigenvalue weighted by Crippen LogP contribution is 2.44. The molecule has 1 atom stereocenters. The van der Waals surface area contributed by atoms with Crippen LogP contribution in [0.15, 0.2) is 40.5 Å². The number of para-hydroxylation sites is 1. The first kappa shape index (κ1) is 21.4. The maximum atomic E-state index is 13.8. The van der Waals surface area contributed by atoms with Crippen LogP contribution in [0.5, 0.6) is 0 Å². The van der Waals surface area contributed by atoms with Crippen molar-refractivity contribution in [1.29, 1.82) is 0 Å². The van der Waals surface area contributed by atoms with Crippen LogP contribution < -0.4 is 5.56 Å². The number of carbonyl (C=O) groups is 1. The molecule has 0 radical (unpaired) electrons. The zero-order valence-corrected chi connectivity index (χ0v) is 17.6. The number of amides is 1. The van der Waals surface area contributed by atoms with Crippen LogP contribution >= 0.6 is 22.7 Å². The van der Waals surface area contributed by atoms with Gasteiger partial charge in [0.1, 0.15) is 15.5 Å². The largest absolute Gasteiger partial charge is 0.424 e. The first-order valence-electron chi connectivity index (χ1n) is 8.94. The maximum Gasteiger partial charge on any atom is 0.424 e. The molecule has 4 aromatic rings. The number of hydrogen-bond donors (Lipinski definition) is 2. The van der Waals surface area contributed by atoms with Gasteiger partial charge in [0.05, 0.1) is 28.7 Å². The SMILES string of the molecule is CN(Cc1nc2ccsc2c(=O)[nH]1)C(=O)CC(O)(c1nc2ccccc2s1)C(F)(F)F. The van der Waals surface area contributed by atoms with E-state index in [2.05, 4.69) is 15.0 Å². The van der Waals surface area contributed by atoms with E-state index < -0.39 is 34.7 Å². The molecule has 0 saturated carbocycles. The number of aromatic nitrogens is 3. The van der Waals surface area contributed by atoms with Crippen molar-refractivity contribution in [2.75, 3.05) is 7.05 Å². The number of carbonyl (C=O) groups excluding carboxylic acids is 1. The van der Waals surface area contributed by atoms with Gasteiger partial charge in [-0.3, -0.25) is 9.59 Å². The monoisotopic (exact) mass is 468 g/mol. The number of benzene rings is 1. The lowest BCUT2D eigenvalue weighted by Crippen LogP contribution is -2.46. The Bertz CT molecular complexity index is 1300. The summed E-state index contributed by atoms with van der Waals surface area (Å²) in [5.41, 5.74) is -3.10. The lowest BCUT2D eigenvalue weighted by molar-refractivity contribution is -0.268. The molecule has 0 fully saturated rings. The molecule has 7 nitrogen and oxygen atoms in total. The van der Waals surface area contributed by atoms with Crippen LogP contribution in [-0.4, -0.2) is 44.1 Å². The van der Waals surface area contributed by atoms with E-state index >= 15 is 0 Å². The second-order valence-corrected chi connectivity index (χ2v) is 8.87. The number of halogens is 3. The van der Waals surface area contributed by atoms with Crippen molar-refractivity contribution < 1.29 is 23.1 Å². The summed E-state index contributed by atoms with van der Waals surface area (Å²) in [6, 6.07) is 8.02. The Kier molecular flexibility index (Phi) is 5.31. The van der Waals surface area contributed by atoms with Gasteiger partial charge >= 0.3 is 6.18 Å². The van der Waals surface area contributed by atoms with Gasteiger partial charge in [-0.25, -0.2) is 9.97 Å². The molecule has 0 bridgehead atoms. The molecule has 0 aliphatic rings. The standard InChI is InChI=1S/C19H15F3N4O3S2/c1-26(9-13-23-11-6-7-30-15(11)16(28)25-13)14(27)8-18(29,19(20,21)22)17-24-10-4-2-3-5-12(10)31-17/h2-7,29H,8-9H2,1H3,(H,23,25,28). The molecule has 0 spiro atoms. The third-order valence-corrected chi connectivity index (χ3v) is 6.79. The van der Waals surface area contributed by atoms with Crippen molar-refractivity contribution in [2.24, 2.45) is 0 Å². The van der Waals surface area contributed by atoms with Crippen LogP contribution in [0.1, 0.15) is 17.3 Å². The number of thiazole rings is 1. The molecule has 0 aliphatic heterocycles. The minimum Gasteiger partial charge on any atom is -0.374 e. The first-order valence-corrected chi connectivity index (χ1v) is 10.6. The highest BCUT2D eigenvalue weighted by atomic mass is 32.1. The quantitative estimate of drug-likeness (QED) is 0.468. The summed E-state index contributed by atoms with van der Waals surface area (Å²) in [6.07, 6.45) is -6.38. The number of hydrogen-bond acceptors (Lipinski definition) is 7. The van der Waals surface area contributed by atoms with E-state index in [1.54, 1.807) is 29.6 Å². The molecule has 0 saturated heterocycles. The van der Waals surface area contributed by atoms with Crippen LogP contribution in [0.25, 0.3) is 20.4 Å². The highest BCUT2D eigenvalue weighted by molar-refractivity contribution is 7.18. The second-order valence-electron chi connectivity index (χ2n) is 6.92. The number of nitrogens with one attached hydrogen (secondary N) is 1. The van der Waals surface area contributed by atoms with Crippen LogP contribution in [-0.2, 0) is 16.9 Å². The van der Waals surface area contributed by atoms with Crippen molar-refractivity contribution in [3.8, 4) is 0 Å². The Labute approximate surface area is 180 Å². The van der Waals surface area contributed by atoms with Gasteiger partial charge < -0.3 is 15.0 Å². The molecule has 0 aliphatic carbocycles.